The summed E-state index contributed by atoms with van der Waals surface area (Å²) >= 11 is 0. The topological polar surface area (TPSA) is 35.5 Å². The Balaban J connectivity index is 2.33. The first kappa shape index (κ1) is 15.0. The summed E-state index contributed by atoms with van der Waals surface area (Å²) in [7, 11) is 1.45. The highest BCUT2D eigenvalue weighted by Crippen LogP contribution is 2.24. The molecule has 2 rings (SSSR count). The first-order valence-corrected chi connectivity index (χ1v) is 6.76. The molecule has 0 unspecified atom stereocenters. The van der Waals surface area contributed by atoms with Gasteiger partial charge in [0.2, 0.25) is 0 Å². The van der Waals surface area contributed by atoms with Crippen LogP contribution >= 0.6 is 0 Å². The second kappa shape index (κ2) is 6.88. The minimum Gasteiger partial charge on any atom is -0.496 e. The third kappa shape index (κ3) is 3.60. The lowest BCUT2D eigenvalue weighted by Gasteiger charge is -2.09. The number of hydrogen-bond donors (Lipinski definition) is 0. The molecular formula is C17H17FO3. The number of benzene rings is 2. The number of hydrogen-bond acceptors (Lipinski definition) is 3. The van der Waals surface area contributed by atoms with Crippen LogP contribution in [0.2, 0.25) is 0 Å². The molecule has 3 nitrogen and oxygen atoms in total. The van der Waals surface area contributed by atoms with Crippen LogP contribution in [0.5, 0.6) is 11.5 Å². The van der Waals surface area contributed by atoms with Crippen molar-refractivity contribution in [2.45, 2.75) is 13.3 Å². The molecule has 2 aromatic carbocycles. The van der Waals surface area contributed by atoms with Crippen LogP contribution in [0.4, 0.5) is 4.39 Å². The predicted molar refractivity (Wildman–Crippen MR) is 78.6 cm³/mol. The van der Waals surface area contributed by atoms with Gasteiger partial charge in [-0.1, -0.05) is 19.1 Å². The summed E-state index contributed by atoms with van der Waals surface area (Å²) in [6, 6.07) is 10.7. The molecule has 110 valence electrons. The van der Waals surface area contributed by atoms with Crippen LogP contribution in [-0.4, -0.2) is 19.5 Å². The predicted octanol–water partition coefficient (Wildman–Crippen LogP) is 3.85. The van der Waals surface area contributed by atoms with Gasteiger partial charge in [0, 0.05) is 5.56 Å². The van der Waals surface area contributed by atoms with Crippen molar-refractivity contribution in [2.24, 2.45) is 0 Å². The third-order valence-corrected chi connectivity index (χ3v) is 2.98. The van der Waals surface area contributed by atoms with E-state index in [1.807, 2.05) is 6.92 Å². The van der Waals surface area contributed by atoms with Crippen molar-refractivity contribution in [3.8, 4) is 11.5 Å². The van der Waals surface area contributed by atoms with Crippen molar-refractivity contribution in [3.05, 3.63) is 59.4 Å². The average molecular weight is 288 g/mol. The van der Waals surface area contributed by atoms with E-state index in [-0.39, 0.29) is 11.3 Å². The van der Waals surface area contributed by atoms with Gasteiger partial charge in [-0.3, -0.25) is 4.79 Å². The second-order valence-electron chi connectivity index (χ2n) is 4.55. The first-order valence-electron chi connectivity index (χ1n) is 6.76. The maximum atomic E-state index is 13.4. The fourth-order valence-electron chi connectivity index (χ4n) is 1.96. The molecule has 0 radical (unpaired) electrons. The van der Waals surface area contributed by atoms with Gasteiger partial charge in [-0.2, -0.15) is 0 Å². The van der Waals surface area contributed by atoms with Crippen molar-refractivity contribution >= 4 is 5.78 Å². The fourth-order valence-corrected chi connectivity index (χ4v) is 1.96. The molecule has 21 heavy (non-hydrogen) atoms. The Bertz CT molecular complexity index is 638. The lowest BCUT2D eigenvalue weighted by molar-refractivity contribution is 0.103. The van der Waals surface area contributed by atoms with Crippen molar-refractivity contribution in [2.75, 3.05) is 13.7 Å². The smallest absolute Gasteiger partial charge is 0.196 e. The number of carbonyl (C=O) groups excluding carboxylic acids is 1. The molecule has 0 atom stereocenters. The Kier molecular flexibility index (Phi) is 4.93. The van der Waals surface area contributed by atoms with E-state index in [0.717, 1.165) is 6.42 Å². The van der Waals surface area contributed by atoms with Gasteiger partial charge in [0.25, 0.3) is 0 Å². The van der Waals surface area contributed by atoms with E-state index < -0.39 is 5.82 Å². The minimum atomic E-state index is -0.475. The molecule has 0 spiro atoms. The van der Waals surface area contributed by atoms with E-state index >= 15 is 0 Å². The van der Waals surface area contributed by atoms with Crippen LogP contribution in [0.3, 0.4) is 0 Å². The van der Waals surface area contributed by atoms with Crippen LogP contribution in [0.15, 0.2) is 42.5 Å². The van der Waals surface area contributed by atoms with Crippen molar-refractivity contribution in [3.63, 3.8) is 0 Å². The SMILES string of the molecule is CCCOc1cccc(C(=O)c2cc(F)ccc2OC)c1. The monoisotopic (exact) mass is 288 g/mol. The third-order valence-electron chi connectivity index (χ3n) is 2.98. The highest BCUT2D eigenvalue weighted by atomic mass is 19.1. The van der Waals surface area contributed by atoms with E-state index in [1.165, 1.54) is 25.3 Å². The Labute approximate surface area is 123 Å². The minimum absolute atomic E-state index is 0.199. The molecule has 0 N–H and O–H groups in total. The van der Waals surface area contributed by atoms with Gasteiger partial charge in [0.05, 0.1) is 19.3 Å². The van der Waals surface area contributed by atoms with Gasteiger partial charge in [0.15, 0.2) is 5.78 Å². The Morgan fingerprint density at radius 3 is 2.71 bits per heavy atom. The van der Waals surface area contributed by atoms with Crippen molar-refractivity contribution in [1.29, 1.82) is 0 Å². The molecule has 0 amide bonds. The second-order valence-corrected chi connectivity index (χ2v) is 4.55. The van der Waals surface area contributed by atoms with Gasteiger partial charge < -0.3 is 9.47 Å². The zero-order chi connectivity index (χ0) is 15.2. The summed E-state index contributed by atoms with van der Waals surface area (Å²) in [6.07, 6.45) is 0.885. The molecule has 0 aliphatic rings. The summed E-state index contributed by atoms with van der Waals surface area (Å²) in [5.74, 6) is 0.199. The number of methoxy groups -OCH3 is 1. The Hall–Kier alpha value is -2.36. The van der Waals surface area contributed by atoms with E-state index in [2.05, 4.69) is 0 Å². The number of carbonyl (C=O) groups is 1. The van der Waals surface area contributed by atoms with Crippen LogP contribution in [0.25, 0.3) is 0 Å². The Morgan fingerprint density at radius 2 is 2.00 bits per heavy atom. The first-order chi connectivity index (χ1) is 10.2. The zero-order valence-electron chi connectivity index (χ0n) is 12.1. The molecule has 2 aromatic rings. The fraction of sp³-hybridized carbons (Fsp3) is 0.235. The van der Waals surface area contributed by atoms with E-state index in [9.17, 15) is 9.18 Å². The van der Waals surface area contributed by atoms with Gasteiger partial charge in [0.1, 0.15) is 17.3 Å². The molecule has 0 saturated heterocycles. The number of ether oxygens (including phenoxy) is 2. The average Bonchev–Trinajstić information content (AvgIpc) is 2.52. The largest absolute Gasteiger partial charge is 0.496 e. The molecule has 0 heterocycles. The zero-order valence-corrected chi connectivity index (χ0v) is 12.1. The van der Waals surface area contributed by atoms with Gasteiger partial charge in [-0.05, 0) is 36.8 Å². The molecule has 0 aliphatic heterocycles. The van der Waals surface area contributed by atoms with E-state index in [0.29, 0.717) is 23.7 Å². The van der Waals surface area contributed by atoms with E-state index in [1.54, 1.807) is 24.3 Å². The van der Waals surface area contributed by atoms with Gasteiger partial charge in [-0.25, -0.2) is 4.39 Å². The number of rotatable bonds is 6. The quantitative estimate of drug-likeness (QED) is 0.757. The summed E-state index contributed by atoms with van der Waals surface area (Å²) in [6.45, 7) is 2.59. The lowest BCUT2D eigenvalue weighted by atomic mass is 10.0. The van der Waals surface area contributed by atoms with Crippen LogP contribution in [0.1, 0.15) is 29.3 Å². The maximum absolute atomic E-state index is 13.4. The highest BCUT2D eigenvalue weighted by Gasteiger charge is 2.16. The maximum Gasteiger partial charge on any atom is 0.196 e. The normalized spacial score (nSPS) is 10.2. The highest BCUT2D eigenvalue weighted by molar-refractivity contribution is 6.10. The van der Waals surface area contributed by atoms with Crippen molar-refractivity contribution < 1.29 is 18.7 Å². The number of ketones is 1. The molecule has 0 bridgehead atoms. The number of halogens is 1. The molecule has 0 aliphatic carbocycles. The molecular weight excluding hydrogens is 271 g/mol. The standard InChI is InChI=1S/C17H17FO3/c1-3-9-21-14-6-4-5-12(10-14)17(19)15-11-13(18)7-8-16(15)20-2/h4-8,10-11H,3,9H2,1-2H3. The molecule has 0 aromatic heterocycles. The summed E-state index contributed by atoms with van der Waals surface area (Å²) in [4.78, 5) is 12.5. The Morgan fingerprint density at radius 1 is 1.19 bits per heavy atom. The lowest BCUT2D eigenvalue weighted by Crippen LogP contribution is -2.05. The summed E-state index contributed by atoms with van der Waals surface area (Å²) in [5.41, 5.74) is 0.637. The molecule has 4 heteroatoms. The van der Waals surface area contributed by atoms with Crippen LogP contribution in [-0.2, 0) is 0 Å². The summed E-state index contributed by atoms with van der Waals surface area (Å²) in [5, 5.41) is 0. The van der Waals surface area contributed by atoms with Gasteiger partial charge in [-0.15, -0.1) is 0 Å². The summed E-state index contributed by atoms with van der Waals surface area (Å²) < 4.78 is 24.0. The van der Waals surface area contributed by atoms with Gasteiger partial charge >= 0.3 is 0 Å². The molecule has 0 fully saturated rings. The van der Waals surface area contributed by atoms with Crippen molar-refractivity contribution in [1.82, 2.24) is 0 Å². The van der Waals surface area contributed by atoms with E-state index in [4.69, 9.17) is 9.47 Å². The molecule has 0 saturated carbocycles. The van der Waals surface area contributed by atoms with Crippen LogP contribution in [0, 0.1) is 5.82 Å². The van der Waals surface area contributed by atoms with Crippen LogP contribution < -0.4 is 9.47 Å².